The first kappa shape index (κ1) is 13.9. The number of H-pyrrole nitrogens is 1. The lowest BCUT2D eigenvalue weighted by Crippen LogP contribution is -2.07. The topological polar surface area (TPSA) is 75.1 Å². The van der Waals surface area contributed by atoms with Gasteiger partial charge in [-0.25, -0.2) is 4.79 Å². The van der Waals surface area contributed by atoms with Crippen molar-refractivity contribution in [1.82, 2.24) is 4.98 Å². The minimum absolute atomic E-state index is 0.244. The standard InChI is InChI=1S/C17H14N2O3/c1-11-3-2-4-12(9-11)5-8-16(20)18-13-6-7-15-14(10-13)19-17(21)22-15/h2-10H,1H3,(H,18,20)(H,19,21)/b8-5+. The minimum atomic E-state index is -0.516. The number of benzene rings is 2. The molecule has 3 aromatic rings. The zero-order valence-electron chi connectivity index (χ0n) is 11.9. The van der Waals surface area contributed by atoms with Gasteiger partial charge < -0.3 is 9.73 Å². The second kappa shape index (κ2) is 5.73. The molecule has 1 amide bonds. The molecule has 22 heavy (non-hydrogen) atoms. The van der Waals surface area contributed by atoms with Gasteiger partial charge in [0.25, 0.3) is 0 Å². The summed E-state index contributed by atoms with van der Waals surface area (Å²) in [7, 11) is 0. The van der Waals surface area contributed by atoms with Gasteiger partial charge in [-0.2, -0.15) is 0 Å². The number of carbonyl (C=O) groups excluding carboxylic acids is 1. The lowest BCUT2D eigenvalue weighted by atomic mass is 10.1. The zero-order valence-corrected chi connectivity index (χ0v) is 11.9. The van der Waals surface area contributed by atoms with E-state index in [0.717, 1.165) is 11.1 Å². The first-order valence-corrected chi connectivity index (χ1v) is 6.79. The molecule has 0 aliphatic rings. The van der Waals surface area contributed by atoms with E-state index < -0.39 is 5.76 Å². The summed E-state index contributed by atoms with van der Waals surface area (Å²) in [6.45, 7) is 2.00. The number of aromatic nitrogens is 1. The first-order valence-electron chi connectivity index (χ1n) is 6.79. The number of aryl methyl sites for hydroxylation is 1. The van der Waals surface area contributed by atoms with E-state index in [1.165, 1.54) is 6.08 Å². The number of rotatable bonds is 3. The van der Waals surface area contributed by atoms with Crippen molar-refractivity contribution in [1.29, 1.82) is 0 Å². The van der Waals surface area contributed by atoms with E-state index in [1.54, 1.807) is 24.3 Å². The molecule has 2 N–H and O–H groups in total. The van der Waals surface area contributed by atoms with Crippen LogP contribution in [0.15, 0.2) is 57.8 Å². The maximum atomic E-state index is 11.9. The molecule has 0 unspecified atom stereocenters. The number of hydrogen-bond acceptors (Lipinski definition) is 3. The van der Waals surface area contributed by atoms with Crippen molar-refractivity contribution in [3.63, 3.8) is 0 Å². The van der Waals surface area contributed by atoms with Gasteiger partial charge in [-0.15, -0.1) is 0 Å². The lowest BCUT2D eigenvalue weighted by molar-refractivity contribution is -0.111. The molecule has 0 radical (unpaired) electrons. The summed E-state index contributed by atoms with van der Waals surface area (Å²) < 4.78 is 4.91. The van der Waals surface area contributed by atoms with Crippen molar-refractivity contribution < 1.29 is 9.21 Å². The molecule has 0 aliphatic heterocycles. The van der Waals surface area contributed by atoms with Crippen LogP contribution in [0.2, 0.25) is 0 Å². The van der Waals surface area contributed by atoms with Crippen molar-refractivity contribution in [3.05, 3.63) is 70.2 Å². The molecular weight excluding hydrogens is 280 g/mol. The van der Waals surface area contributed by atoms with Gasteiger partial charge in [0.1, 0.15) is 0 Å². The molecule has 110 valence electrons. The number of fused-ring (bicyclic) bond motifs is 1. The molecule has 0 atom stereocenters. The van der Waals surface area contributed by atoms with Gasteiger partial charge in [0.15, 0.2) is 5.58 Å². The largest absolute Gasteiger partial charge is 0.417 e. The predicted octanol–water partition coefficient (Wildman–Crippen LogP) is 3.08. The van der Waals surface area contributed by atoms with Crippen LogP contribution in [0, 0.1) is 6.92 Å². The van der Waals surface area contributed by atoms with Crippen LogP contribution in [0.25, 0.3) is 17.2 Å². The van der Waals surface area contributed by atoms with Gasteiger partial charge in [-0.1, -0.05) is 29.8 Å². The Kier molecular flexibility index (Phi) is 3.62. The van der Waals surface area contributed by atoms with E-state index in [9.17, 15) is 9.59 Å². The molecule has 0 saturated heterocycles. The molecule has 5 heteroatoms. The van der Waals surface area contributed by atoms with Crippen molar-refractivity contribution in [2.75, 3.05) is 5.32 Å². The third-order valence-corrected chi connectivity index (χ3v) is 3.16. The van der Waals surface area contributed by atoms with E-state index in [-0.39, 0.29) is 5.91 Å². The fraction of sp³-hybridized carbons (Fsp3) is 0.0588. The van der Waals surface area contributed by atoms with Crippen LogP contribution < -0.4 is 11.1 Å². The Labute approximate surface area is 126 Å². The van der Waals surface area contributed by atoms with Crippen LogP contribution in [0.5, 0.6) is 0 Å². The number of hydrogen-bond donors (Lipinski definition) is 2. The Balaban J connectivity index is 1.73. The van der Waals surface area contributed by atoms with Gasteiger partial charge in [0.05, 0.1) is 5.52 Å². The smallest absolute Gasteiger partial charge is 0.408 e. The van der Waals surface area contributed by atoms with Gasteiger partial charge >= 0.3 is 5.76 Å². The third-order valence-electron chi connectivity index (χ3n) is 3.16. The zero-order chi connectivity index (χ0) is 15.5. The molecule has 3 rings (SSSR count). The summed E-state index contributed by atoms with van der Waals surface area (Å²) >= 11 is 0. The van der Waals surface area contributed by atoms with Crippen molar-refractivity contribution in [2.24, 2.45) is 0 Å². The van der Waals surface area contributed by atoms with E-state index in [1.807, 2.05) is 31.2 Å². The first-order chi connectivity index (χ1) is 10.6. The van der Waals surface area contributed by atoms with Gasteiger partial charge in [0.2, 0.25) is 5.91 Å². The van der Waals surface area contributed by atoms with Crippen molar-refractivity contribution >= 4 is 28.8 Å². The van der Waals surface area contributed by atoms with Crippen molar-refractivity contribution in [3.8, 4) is 0 Å². The number of carbonyl (C=O) groups is 1. The lowest BCUT2D eigenvalue weighted by Gasteiger charge is -2.01. The van der Waals surface area contributed by atoms with Crippen molar-refractivity contribution in [2.45, 2.75) is 6.92 Å². The molecule has 0 saturated carbocycles. The molecule has 1 heterocycles. The normalized spacial score (nSPS) is 11.1. The number of nitrogens with one attached hydrogen (secondary N) is 2. The molecule has 0 aliphatic carbocycles. The summed E-state index contributed by atoms with van der Waals surface area (Å²) in [4.78, 5) is 25.6. The van der Waals surface area contributed by atoms with E-state index in [0.29, 0.717) is 16.8 Å². The van der Waals surface area contributed by atoms with E-state index >= 15 is 0 Å². The minimum Gasteiger partial charge on any atom is -0.408 e. The predicted molar refractivity (Wildman–Crippen MR) is 85.7 cm³/mol. The second-order valence-corrected chi connectivity index (χ2v) is 4.96. The SMILES string of the molecule is Cc1cccc(/C=C/C(=O)Nc2ccc3oc(=O)[nH]c3c2)c1. The quantitative estimate of drug-likeness (QED) is 0.729. The van der Waals surface area contributed by atoms with Crippen LogP contribution in [0.1, 0.15) is 11.1 Å². The van der Waals surface area contributed by atoms with Gasteiger partial charge in [0, 0.05) is 11.8 Å². The van der Waals surface area contributed by atoms with Crippen LogP contribution >= 0.6 is 0 Å². The third kappa shape index (κ3) is 3.15. The Morgan fingerprint density at radius 3 is 2.91 bits per heavy atom. The molecule has 0 bridgehead atoms. The molecular formula is C17H14N2O3. The number of oxazole rings is 1. The summed E-state index contributed by atoms with van der Waals surface area (Å²) in [5, 5.41) is 2.74. The average Bonchev–Trinajstić information content (AvgIpc) is 2.84. The summed E-state index contributed by atoms with van der Waals surface area (Å²) in [6.07, 6.45) is 3.22. The fourth-order valence-corrected chi connectivity index (χ4v) is 2.16. The van der Waals surface area contributed by atoms with Gasteiger partial charge in [-0.05, 0) is 36.8 Å². The molecule has 1 aromatic heterocycles. The molecule has 0 spiro atoms. The Bertz CT molecular complexity index is 919. The number of aromatic amines is 1. The maximum absolute atomic E-state index is 11.9. The summed E-state index contributed by atoms with van der Waals surface area (Å²) in [5.74, 6) is -0.760. The Hall–Kier alpha value is -3.08. The molecule has 2 aromatic carbocycles. The highest BCUT2D eigenvalue weighted by molar-refractivity contribution is 6.02. The van der Waals surface area contributed by atoms with Gasteiger partial charge in [-0.3, -0.25) is 9.78 Å². The highest BCUT2D eigenvalue weighted by atomic mass is 16.4. The Morgan fingerprint density at radius 1 is 1.23 bits per heavy atom. The van der Waals surface area contributed by atoms with Crippen LogP contribution in [-0.2, 0) is 4.79 Å². The summed E-state index contributed by atoms with van der Waals surface area (Å²) in [5.41, 5.74) is 3.69. The van der Waals surface area contributed by atoms with E-state index in [4.69, 9.17) is 4.42 Å². The van der Waals surface area contributed by atoms with E-state index in [2.05, 4.69) is 10.3 Å². The second-order valence-electron chi connectivity index (χ2n) is 4.96. The Morgan fingerprint density at radius 2 is 2.09 bits per heavy atom. The average molecular weight is 294 g/mol. The van der Waals surface area contributed by atoms with Crippen LogP contribution in [-0.4, -0.2) is 10.9 Å². The molecule has 0 fully saturated rings. The highest BCUT2D eigenvalue weighted by Gasteiger charge is 2.03. The monoisotopic (exact) mass is 294 g/mol. The summed E-state index contributed by atoms with van der Waals surface area (Å²) in [6, 6.07) is 12.8. The van der Waals surface area contributed by atoms with Crippen LogP contribution in [0.4, 0.5) is 5.69 Å². The fourth-order valence-electron chi connectivity index (χ4n) is 2.16. The van der Waals surface area contributed by atoms with Crippen LogP contribution in [0.3, 0.4) is 0 Å². The molecule has 5 nitrogen and oxygen atoms in total. The number of amides is 1. The maximum Gasteiger partial charge on any atom is 0.417 e. The highest BCUT2D eigenvalue weighted by Crippen LogP contribution is 2.16. The number of anilines is 1.